The highest BCUT2D eigenvalue weighted by molar-refractivity contribution is 4.95. The molecule has 0 radical (unpaired) electrons. The van der Waals surface area contributed by atoms with E-state index in [0.29, 0.717) is 0 Å². The standard InChI is InChI=1S/C12H22N4O/c1-9-4-6-13-10(8-9)12-14-11(15-17-12)5-7-16(2)3/h9-10,13H,4-8H2,1-3H3. The Kier molecular flexibility index (Phi) is 4.12. The smallest absolute Gasteiger partial charge is 0.243 e. The van der Waals surface area contributed by atoms with Crippen LogP contribution in [-0.4, -0.2) is 42.2 Å². The first-order valence-electron chi connectivity index (χ1n) is 6.35. The Labute approximate surface area is 103 Å². The molecule has 2 unspecified atom stereocenters. The van der Waals surface area contributed by atoms with Crippen LogP contribution in [0.3, 0.4) is 0 Å². The van der Waals surface area contributed by atoms with Gasteiger partial charge >= 0.3 is 0 Å². The normalized spacial score (nSPS) is 25.4. The largest absolute Gasteiger partial charge is 0.338 e. The topological polar surface area (TPSA) is 54.2 Å². The lowest BCUT2D eigenvalue weighted by Crippen LogP contribution is -2.31. The van der Waals surface area contributed by atoms with E-state index < -0.39 is 0 Å². The number of hydrogen-bond acceptors (Lipinski definition) is 5. The maximum absolute atomic E-state index is 5.34. The van der Waals surface area contributed by atoms with E-state index in [9.17, 15) is 0 Å². The first kappa shape index (κ1) is 12.5. The van der Waals surface area contributed by atoms with Gasteiger partial charge in [-0.15, -0.1) is 0 Å². The molecule has 1 fully saturated rings. The van der Waals surface area contributed by atoms with Crippen LogP contribution in [0.1, 0.15) is 37.5 Å². The highest BCUT2D eigenvalue weighted by atomic mass is 16.5. The second-order valence-electron chi connectivity index (χ2n) is 5.24. The Bertz CT molecular complexity index is 350. The molecule has 17 heavy (non-hydrogen) atoms. The maximum Gasteiger partial charge on any atom is 0.243 e. The monoisotopic (exact) mass is 238 g/mol. The second-order valence-corrected chi connectivity index (χ2v) is 5.24. The number of nitrogens with one attached hydrogen (secondary N) is 1. The van der Waals surface area contributed by atoms with Gasteiger partial charge < -0.3 is 14.7 Å². The van der Waals surface area contributed by atoms with Crippen molar-refractivity contribution < 1.29 is 4.52 Å². The molecule has 0 aliphatic carbocycles. The molecule has 0 aromatic carbocycles. The minimum atomic E-state index is 0.249. The van der Waals surface area contributed by atoms with Gasteiger partial charge in [0.05, 0.1) is 6.04 Å². The lowest BCUT2D eigenvalue weighted by Gasteiger charge is -2.25. The lowest BCUT2D eigenvalue weighted by atomic mass is 9.94. The van der Waals surface area contributed by atoms with Crippen LogP contribution in [0.5, 0.6) is 0 Å². The zero-order valence-electron chi connectivity index (χ0n) is 10.9. The van der Waals surface area contributed by atoms with Gasteiger partial charge in [0.2, 0.25) is 5.89 Å². The molecule has 1 aliphatic rings. The molecule has 2 atom stereocenters. The van der Waals surface area contributed by atoms with Crippen molar-refractivity contribution in [2.24, 2.45) is 5.92 Å². The van der Waals surface area contributed by atoms with E-state index in [-0.39, 0.29) is 6.04 Å². The molecule has 1 aromatic rings. The fraction of sp³-hybridized carbons (Fsp3) is 0.833. The minimum Gasteiger partial charge on any atom is -0.338 e. The molecule has 0 bridgehead atoms. The number of rotatable bonds is 4. The van der Waals surface area contributed by atoms with Gasteiger partial charge in [-0.25, -0.2) is 0 Å². The molecule has 1 N–H and O–H groups in total. The third-order valence-corrected chi connectivity index (χ3v) is 3.23. The summed E-state index contributed by atoms with van der Waals surface area (Å²) in [6.45, 7) is 4.27. The fourth-order valence-corrected chi connectivity index (χ4v) is 2.13. The average Bonchev–Trinajstić information content (AvgIpc) is 2.75. The molecule has 1 aliphatic heterocycles. The quantitative estimate of drug-likeness (QED) is 0.855. The predicted octanol–water partition coefficient (Wildman–Crippen LogP) is 1.23. The Hall–Kier alpha value is -0.940. The van der Waals surface area contributed by atoms with Crippen molar-refractivity contribution in [3.63, 3.8) is 0 Å². The molecule has 1 aromatic heterocycles. The van der Waals surface area contributed by atoms with Gasteiger partial charge in [0, 0.05) is 13.0 Å². The predicted molar refractivity (Wildman–Crippen MR) is 65.7 cm³/mol. The summed E-state index contributed by atoms with van der Waals surface area (Å²) in [5.41, 5.74) is 0. The molecule has 5 heteroatoms. The van der Waals surface area contributed by atoms with E-state index in [1.807, 2.05) is 14.1 Å². The van der Waals surface area contributed by atoms with Crippen molar-refractivity contribution in [1.82, 2.24) is 20.4 Å². The third-order valence-electron chi connectivity index (χ3n) is 3.23. The van der Waals surface area contributed by atoms with Crippen molar-refractivity contribution in [3.05, 3.63) is 11.7 Å². The van der Waals surface area contributed by atoms with Gasteiger partial charge in [-0.1, -0.05) is 12.1 Å². The van der Waals surface area contributed by atoms with Crippen molar-refractivity contribution >= 4 is 0 Å². The van der Waals surface area contributed by atoms with Gasteiger partial charge in [0.15, 0.2) is 5.82 Å². The van der Waals surface area contributed by atoms with Crippen molar-refractivity contribution in [2.45, 2.75) is 32.2 Å². The molecule has 0 spiro atoms. The van der Waals surface area contributed by atoms with Crippen LogP contribution < -0.4 is 5.32 Å². The summed E-state index contributed by atoms with van der Waals surface area (Å²) >= 11 is 0. The van der Waals surface area contributed by atoms with Crippen LogP contribution in [-0.2, 0) is 6.42 Å². The number of likely N-dealkylation sites (N-methyl/N-ethyl adjacent to an activating group) is 1. The summed E-state index contributed by atoms with van der Waals surface area (Å²) in [5.74, 6) is 2.30. The molecule has 0 amide bonds. The summed E-state index contributed by atoms with van der Waals surface area (Å²) in [6.07, 6.45) is 3.17. The minimum absolute atomic E-state index is 0.249. The zero-order chi connectivity index (χ0) is 12.3. The maximum atomic E-state index is 5.34. The summed E-state index contributed by atoms with van der Waals surface area (Å²) in [5, 5.41) is 7.47. The van der Waals surface area contributed by atoms with Crippen molar-refractivity contribution in [3.8, 4) is 0 Å². The van der Waals surface area contributed by atoms with Gasteiger partial charge in [-0.05, 0) is 39.4 Å². The van der Waals surface area contributed by atoms with Gasteiger partial charge in [0.1, 0.15) is 0 Å². The van der Waals surface area contributed by atoms with E-state index in [1.54, 1.807) is 0 Å². The van der Waals surface area contributed by atoms with Gasteiger partial charge in [0.25, 0.3) is 0 Å². The summed E-state index contributed by atoms with van der Waals surface area (Å²) < 4.78 is 5.34. The summed E-state index contributed by atoms with van der Waals surface area (Å²) in [7, 11) is 4.09. The lowest BCUT2D eigenvalue weighted by molar-refractivity contribution is 0.259. The van der Waals surface area contributed by atoms with Crippen LogP contribution in [0.15, 0.2) is 4.52 Å². The second kappa shape index (κ2) is 5.60. The summed E-state index contributed by atoms with van der Waals surface area (Å²) in [6, 6.07) is 0.249. The van der Waals surface area contributed by atoms with Crippen molar-refractivity contribution in [2.75, 3.05) is 27.2 Å². The van der Waals surface area contributed by atoms with Crippen LogP contribution in [0.4, 0.5) is 0 Å². The van der Waals surface area contributed by atoms with Crippen molar-refractivity contribution in [1.29, 1.82) is 0 Å². The van der Waals surface area contributed by atoms with E-state index >= 15 is 0 Å². The third kappa shape index (κ3) is 3.51. The summed E-state index contributed by atoms with van der Waals surface area (Å²) in [4.78, 5) is 6.60. The highest BCUT2D eigenvalue weighted by Crippen LogP contribution is 2.25. The molecular weight excluding hydrogens is 216 g/mol. The molecule has 0 saturated carbocycles. The van der Waals surface area contributed by atoms with Crippen LogP contribution in [0.25, 0.3) is 0 Å². The van der Waals surface area contributed by atoms with E-state index in [0.717, 1.165) is 43.6 Å². The molecule has 96 valence electrons. The van der Waals surface area contributed by atoms with Crippen LogP contribution in [0.2, 0.25) is 0 Å². The highest BCUT2D eigenvalue weighted by Gasteiger charge is 2.24. The fourth-order valence-electron chi connectivity index (χ4n) is 2.13. The number of hydrogen-bond donors (Lipinski definition) is 1. The van der Waals surface area contributed by atoms with Crippen LogP contribution >= 0.6 is 0 Å². The molecule has 2 rings (SSSR count). The molecule has 2 heterocycles. The number of aromatic nitrogens is 2. The molecule has 5 nitrogen and oxygen atoms in total. The Morgan fingerprint density at radius 3 is 3.00 bits per heavy atom. The Morgan fingerprint density at radius 2 is 2.29 bits per heavy atom. The first-order valence-corrected chi connectivity index (χ1v) is 6.35. The number of nitrogens with zero attached hydrogens (tertiary/aromatic N) is 3. The van der Waals surface area contributed by atoms with Gasteiger partial charge in [-0.3, -0.25) is 0 Å². The van der Waals surface area contributed by atoms with E-state index in [4.69, 9.17) is 4.52 Å². The first-order chi connectivity index (χ1) is 8.15. The average molecular weight is 238 g/mol. The SMILES string of the molecule is CC1CCNC(c2nc(CCN(C)C)no2)C1. The van der Waals surface area contributed by atoms with E-state index in [1.165, 1.54) is 6.42 Å². The van der Waals surface area contributed by atoms with Gasteiger partial charge in [-0.2, -0.15) is 4.98 Å². The zero-order valence-corrected chi connectivity index (χ0v) is 10.9. The Balaban J connectivity index is 1.92. The molecular formula is C12H22N4O. The van der Waals surface area contributed by atoms with E-state index in [2.05, 4.69) is 27.3 Å². The van der Waals surface area contributed by atoms with Crippen LogP contribution in [0, 0.1) is 5.92 Å². The Morgan fingerprint density at radius 1 is 1.47 bits per heavy atom. The number of piperidine rings is 1. The molecule has 1 saturated heterocycles.